The van der Waals surface area contributed by atoms with Gasteiger partial charge in [0.2, 0.25) is 4.91 Å². The molecule has 0 aromatic heterocycles. The molecule has 0 aromatic carbocycles. The van der Waals surface area contributed by atoms with Crippen molar-refractivity contribution >= 4 is 11.9 Å². The van der Waals surface area contributed by atoms with E-state index in [4.69, 9.17) is 14.6 Å². The van der Waals surface area contributed by atoms with Gasteiger partial charge in [0, 0.05) is 13.0 Å². The molecule has 0 spiro atoms. The Morgan fingerprint density at radius 1 is 1.39 bits per heavy atom. The molecule has 0 aliphatic carbocycles. The summed E-state index contributed by atoms with van der Waals surface area (Å²) in [6.07, 6.45) is -4.45. The SMILES string of the molecule is CC.CCOC(=O)C1CC(N=[N+]=NC)CN1.O=C(O)C(F)(F)F. The number of carbonyl (C=O) groups excluding carboxylic acids is 1. The summed E-state index contributed by atoms with van der Waals surface area (Å²) in [7, 11) is 1.56. The molecule has 0 bridgehead atoms. The third-order valence-corrected chi connectivity index (χ3v) is 2.23. The topological polar surface area (TPSA) is 114 Å². The van der Waals surface area contributed by atoms with Gasteiger partial charge in [-0.05, 0) is 6.92 Å². The van der Waals surface area contributed by atoms with E-state index in [0.717, 1.165) is 0 Å². The van der Waals surface area contributed by atoms with Gasteiger partial charge in [-0.3, -0.25) is 4.79 Å². The summed E-state index contributed by atoms with van der Waals surface area (Å²) >= 11 is 0. The van der Waals surface area contributed by atoms with Crippen LogP contribution in [-0.2, 0) is 14.3 Å². The monoisotopic (exact) mass is 343 g/mol. The van der Waals surface area contributed by atoms with Crippen molar-refractivity contribution in [1.29, 1.82) is 0 Å². The van der Waals surface area contributed by atoms with Crippen LogP contribution in [0.5, 0.6) is 0 Å². The summed E-state index contributed by atoms with van der Waals surface area (Å²) in [6, 6.07) is -0.205. The number of alkyl halides is 3. The second-order valence-corrected chi connectivity index (χ2v) is 3.81. The first-order valence-electron chi connectivity index (χ1n) is 6.91. The Balaban J connectivity index is 0. The standard InChI is InChI=1S/C8H15N4O2.C2HF3O2.C2H6/c1-3-14-8(13)7-4-6(5-10-7)11-12-9-2;3-2(4,5)1(6)7;1-2/h6-7,10H,3-5H2,1-2H3;(H,6,7);1-2H3/q+1;;. The summed E-state index contributed by atoms with van der Waals surface area (Å²) in [5.41, 5.74) is 0. The number of carbonyl (C=O) groups is 2. The van der Waals surface area contributed by atoms with Crippen molar-refractivity contribution in [3.63, 3.8) is 0 Å². The number of halogens is 3. The molecule has 11 heteroatoms. The minimum Gasteiger partial charge on any atom is -0.475 e. The van der Waals surface area contributed by atoms with E-state index < -0.39 is 12.1 Å². The number of nitrogens with one attached hydrogen (secondary N) is 1. The highest BCUT2D eigenvalue weighted by atomic mass is 19.4. The number of carboxylic acid groups (broad SMARTS) is 1. The number of esters is 1. The largest absolute Gasteiger partial charge is 0.490 e. The molecular formula is C12H22F3N4O4+. The number of aliphatic carboxylic acids is 1. The number of carboxylic acids is 1. The molecule has 2 unspecified atom stereocenters. The lowest BCUT2D eigenvalue weighted by atomic mass is 10.2. The maximum atomic E-state index is 11.3. The van der Waals surface area contributed by atoms with E-state index in [2.05, 4.69) is 20.5 Å². The van der Waals surface area contributed by atoms with Gasteiger partial charge in [0.1, 0.15) is 29.4 Å². The van der Waals surface area contributed by atoms with Gasteiger partial charge in [0.05, 0.1) is 6.61 Å². The molecule has 2 atom stereocenters. The number of rotatable bonds is 3. The van der Waals surface area contributed by atoms with Crippen LogP contribution >= 0.6 is 0 Å². The lowest BCUT2D eigenvalue weighted by molar-refractivity contribution is -0.192. The Morgan fingerprint density at radius 3 is 2.30 bits per heavy atom. The zero-order chi connectivity index (χ0) is 18.5. The van der Waals surface area contributed by atoms with E-state index >= 15 is 0 Å². The van der Waals surface area contributed by atoms with Gasteiger partial charge in [0.25, 0.3) is 0 Å². The Hall–Kier alpha value is -2.00. The van der Waals surface area contributed by atoms with E-state index in [-0.39, 0.29) is 18.1 Å². The zero-order valence-corrected chi connectivity index (χ0v) is 13.4. The fourth-order valence-corrected chi connectivity index (χ4v) is 1.35. The molecule has 1 aliphatic heterocycles. The van der Waals surface area contributed by atoms with Gasteiger partial charge < -0.3 is 15.2 Å². The molecular weight excluding hydrogens is 321 g/mol. The molecule has 23 heavy (non-hydrogen) atoms. The van der Waals surface area contributed by atoms with E-state index in [1.807, 2.05) is 13.8 Å². The van der Waals surface area contributed by atoms with Crippen LogP contribution in [0.15, 0.2) is 10.2 Å². The molecule has 1 heterocycles. The Labute approximate surface area is 131 Å². The number of hydrogen-bond donors (Lipinski definition) is 2. The molecule has 2 N–H and O–H groups in total. The molecule has 1 rings (SSSR count). The fourth-order valence-electron chi connectivity index (χ4n) is 1.35. The third kappa shape index (κ3) is 11.2. The number of ether oxygens (including phenoxy) is 1. The average molecular weight is 343 g/mol. The number of hydrogen-bond acceptors (Lipinski definition) is 6. The average Bonchev–Trinajstić information content (AvgIpc) is 2.96. The highest BCUT2D eigenvalue weighted by Gasteiger charge is 2.38. The first-order chi connectivity index (χ1) is 10.7. The summed E-state index contributed by atoms with van der Waals surface area (Å²) in [5, 5.41) is 17.6. The number of nitrogens with zero attached hydrogens (tertiary/aromatic N) is 3. The van der Waals surface area contributed by atoms with Crippen molar-refractivity contribution < 1.29 is 32.6 Å². The second-order valence-electron chi connectivity index (χ2n) is 3.81. The van der Waals surface area contributed by atoms with Gasteiger partial charge in [0.15, 0.2) is 0 Å². The third-order valence-electron chi connectivity index (χ3n) is 2.23. The first-order valence-corrected chi connectivity index (χ1v) is 6.91. The second kappa shape index (κ2) is 12.5. The summed E-state index contributed by atoms with van der Waals surface area (Å²) in [6.45, 7) is 6.86. The maximum Gasteiger partial charge on any atom is 0.490 e. The van der Waals surface area contributed by atoms with E-state index in [1.165, 1.54) is 0 Å². The van der Waals surface area contributed by atoms with Crippen LogP contribution in [0.1, 0.15) is 27.2 Å². The van der Waals surface area contributed by atoms with E-state index in [0.29, 0.717) is 19.6 Å². The van der Waals surface area contributed by atoms with Gasteiger partial charge >= 0.3 is 18.1 Å². The van der Waals surface area contributed by atoms with Crippen molar-refractivity contribution in [2.75, 3.05) is 20.2 Å². The minimum absolute atomic E-state index is 0.0353. The Kier molecular flexibility index (Phi) is 12.7. The summed E-state index contributed by atoms with van der Waals surface area (Å²) < 4.78 is 36.6. The van der Waals surface area contributed by atoms with E-state index in [1.54, 1.807) is 14.0 Å². The zero-order valence-electron chi connectivity index (χ0n) is 13.4. The Bertz CT molecular complexity index is 423. The fraction of sp³-hybridized carbons (Fsp3) is 0.833. The molecule has 8 nitrogen and oxygen atoms in total. The molecule has 134 valence electrons. The van der Waals surface area contributed by atoms with Gasteiger partial charge in [-0.2, -0.15) is 13.2 Å². The first kappa shape index (κ1) is 23.3. The summed E-state index contributed by atoms with van der Waals surface area (Å²) in [5.74, 6) is -2.97. The lowest BCUT2D eigenvalue weighted by Gasteiger charge is -2.07. The smallest absolute Gasteiger partial charge is 0.475 e. The Morgan fingerprint density at radius 2 is 1.91 bits per heavy atom. The van der Waals surface area contributed by atoms with Crippen LogP contribution in [0.25, 0.3) is 0 Å². The van der Waals surface area contributed by atoms with Gasteiger partial charge in [-0.15, -0.1) is 0 Å². The van der Waals surface area contributed by atoms with Crippen molar-refractivity contribution in [2.45, 2.75) is 45.5 Å². The van der Waals surface area contributed by atoms with Crippen molar-refractivity contribution in [2.24, 2.45) is 10.2 Å². The molecule has 0 radical (unpaired) electrons. The summed E-state index contributed by atoms with van der Waals surface area (Å²) in [4.78, 5) is 23.7. The molecule has 1 fully saturated rings. The normalized spacial score (nSPS) is 19.1. The highest BCUT2D eigenvalue weighted by molar-refractivity contribution is 5.76. The van der Waals surface area contributed by atoms with Crippen LogP contribution in [0.3, 0.4) is 0 Å². The van der Waals surface area contributed by atoms with Crippen molar-refractivity contribution in [1.82, 2.24) is 10.2 Å². The van der Waals surface area contributed by atoms with Crippen molar-refractivity contribution in [3.05, 3.63) is 0 Å². The van der Waals surface area contributed by atoms with Crippen LogP contribution in [0.2, 0.25) is 0 Å². The van der Waals surface area contributed by atoms with Crippen LogP contribution < -0.4 is 10.2 Å². The van der Waals surface area contributed by atoms with Crippen LogP contribution in [-0.4, -0.2) is 55.5 Å². The highest BCUT2D eigenvalue weighted by Crippen LogP contribution is 2.13. The predicted molar refractivity (Wildman–Crippen MR) is 74.8 cm³/mol. The van der Waals surface area contributed by atoms with Gasteiger partial charge in [-0.25, -0.2) is 4.79 Å². The predicted octanol–water partition coefficient (Wildman–Crippen LogP) is 1.54. The molecule has 0 amide bonds. The van der Waals surface area contributed by atoms with Crippen LogP contribution in [0, 0.1) is 0 Å². The molecule has 0 aromatic rings. The van der Waals surface area contributed by atoms with Crippen LogP contribution in [0.4, 0.5) is 13.2 Å². The molecule has 1 aliphatic rings. The lowest BCUT2D eigenvalue weighted by Crippen LogP contribution is -2.32. The molecule has 0 saturated carbocycles. The molecule has 1 saturated heterocycles. The van der Waals surface area contributed by atoms with E-state index in [9.17, 15) is 18.0 Å². The maximum absolute atomic E-state index is 11.3. The quantitative estimate of drug-likeness (QED) is 0.458. The minimum atomic E-state index is -5.08. The van der Waals surface area contributed by atoms with Gasteiger partial charge in [-0.1, -0.05) is 13.8 Å². The van der Waals surface area contributed by atoms with Crippen molar-refractivity contribution in [3.8, 4) is 0 Å².